The Morgan fingerprint density at radius 1 is 1.21 bits per heavy atom. The minimum atomic E-state index is 0. The van der Waals surface area contributed by atoms with E-state index in [0.717, 1.165) is 42.5 Å². The summed E-state index contributed by atoms with van der Waals surface area (Å²) < 4.78 is 13.3. The van der Waals surface area contributed by atoms with Crippen molar-refractivity contribution in [3.63, 3.8) is 0 Å². The van der Waals surface area contributed by atoms with Crippen molar-refractivity contribution in [3.05, 3.63) is 42.2 Å². The van der Waals surface area contributed by atoms with E-state index < -0.39 is 0 Å². The lowest BCUT2D eigenvalue weighted by Crippen LogP contribution is -2.39. The van der Waals surface area contributed by atoms with Gasteiger partial charge in [-0.05, 0) is 51.0 Å². The average molecular weight is 501 g/mol. The lowest BCUT2D eigenvalue weighted by Gasteiger charge is -2.20. The van der Waals surface area contributed by atoms with Crippen molar-refractivity contribution in [2.24, 2.45) is 4.99 Å². The Labute approximate surface area is 184 Å². The number of nitrogens with one attached hydrogen (secondary N) is 2. The van der Waals surface area contributed by atoms with Gasteiger partial charge in [0.25, 0.3) is 0 Å². The molecule has 28 heavy (non-hydrogen) atoms. The van der Waals surface area contributed by atoms with Crippen LogP contribution in [0.2, 0.25) is 0 Å². The number of ether oxygens (including phenoxy) is 2. The number of guanidine groups is 1. The second kappa shape index (κ2) is 13.2. The van der Waals surface area contributed by atoms with Gasteiger partial charge in [-0.15, -0.1) is 24.0 Å². The number of benzene rings is 1. The fraction of sp³-hybridized carbons (Fsp3) is 0.500. The molecule has 0 aliphatic carbocycles. The number of nitrogens with zero attached hydrogens (tertiary/aromatic N) is 3. The van der Waals surface area contributed by atoms with Gasteiger partial charge in [0.2, 0.25) is 0 Å². The summed E-state index contributed by atoms with van der Waals surface area (Å²) in [5, 5.41) is 11.0. The molecule has 1 unspecified atom stereocenters. The summed E-state index contributed by atoms with van der Waals surface area (Å²) in [6, 6.07) is 8.05. The smallest absolute Gasteiger partial charge is 0.191 e. The first-order valence-electron chi connectivity index (χ1n) is 9.52. The predicted octanol–water partition coefficient (Wildman–Crippen LogP) is 3.61. The van der Waals surface area contributed by atoms with Crippen LogP contribution in [-0.4, -0.2) is 42.5 Å². The zero-order chi connectivity index (χ0) is 19.5. The number of hydrogen-bond donors (Lipinski definition) is 2. The van der Waals surface area contributed by atoms with Crippen LogP contribution in [0, 0.1) is 0 Å². The average Bonchev–Trinajstić information content (AvgIpc) is 3.19. The predicted molar refractivity (Wildman–Crippen MR) is 124 cm³/mol. The minimum absolute atomic E-state index is 0. The number of aliphatic imine (C=N–C) groups is 1. The summed E-state index contributed by atoms with van der Waals surface area (Å²) in [5.74, 6) is 2.32. The maximum absolute atomic E-state index is 5.72. The highest BCUT2D eigenvalue weighted by Crippen LogP contribution is 2.30. The van der Waals surface area contributed by atoms with Crippen LogP contribution in [-0.2, 0) is 6.54 Å². The number of aryl methyl sites for hydroxylation is 1. The molecular formula is C20H32IN5O2. The van der Waals surface area contributed by atoms with Crippen LogP contribution in [0.4, 0.5) is 0 Å². The van der Waals surface area contributed by atoms with E-state index in [2.05, 4.69) is 33.7 Å². The van der Waals surface area contributed by atoms with Gasteiger partial charge in [0, 0.05) is 32.5 Å². The first-order chi connectivity index (χ1) is 13.2. The summed E-state index contributed by atoms with van der Waals surface area (Å²) >= 11 is 0. The first kappa shape index (κ1) is 24.1. The van der Waals surface area contributed by atoms with Gasteiger partial charge in [0.05, 0.1) is 19.3 Å². The fourth-order valence-corrected chi connectivity index (χ4v) is 2.70. The molecule has 0 spiro atoms. The molecule has 1 aromatic heterocycles. The molecule has 1 atom stereocenters. The topological polar surface area (TPSA) is 72.7 Å². The van der Waals surface area contributed by atoms with Crippen LogP contribution in [0.3, 0.4) is 0 Å². The molecule has 0 saturated carbocycles. The molecule has 1 heterocycles. The monoisotopic (exact) mass is 501 g/mol. The molecule has 0 fully saturated rings. The minimum Gasteiger partial charge on any atom is -0.490 e. The van der Waals surface area contributed by atoms with Gasteiger partial charge in [0.1, 0.15) is 0 Å². The van der Waals surface area contributed by atoms with Crippen molar-refractivity contribution < 1.29 is 9.47 Å². The molecule has 2 aromatic rings. The lowest BCUT2D eigenvalue weighted by atomic mass is 10.1. The maximum atomic E-state index is 5.72. The van der Waals surface area contributed by atoms with Crippen LogP contribution in [0.1, 0.15) is 38.8 Å². The lowest BCUT2D eigenvalue weighted by molar-refractivity contribution is 0.287. The number of hydrogen-bond acceptors (Lipinski definition) is 4. The molecule has 1 aromatic carbocycles. The van der Waals surface area contributed by atoms with E-state index in [-0.39, 0.29) is 30.0 Å². The Bertz CT molecular complexity index is 707. The summed E-state index contributed by atoms with van der Waals surface area (Å²) in [6.07, 6.45) is 4.73. The molecule has 2 N–H and O–H groups in total. The van der Waals surface area contributed by atoms with E-state index in [1.807, 2.05) is 42.9 Å². The number of rotatable bonds is 10. The molecule has 156 valence electrons. The standard InChI is InChI=1S/C20H31N5O2.HI/c1-5-26-18-10-9-17(15-19(18)27-6-2)16(3)24-20(21-4)22-11-7-13-25-14-8-12-23-25;/h8-10,12,14-16H,5-7,11,13H2,1-4H3,(H2,21,22,24);1H. The quantitative estimate of drug-likeness (QED) is 0.225. The Kier molecular flexibility index (Phi) is 11.4. The molecule has 0 aliphatic rings. The molecule has 7 nitrogen and oxygen atoms in total. The zero-order valence-electron chi connectivity index (χ0n) is 17.1. The van der Waals surface area contributed by atoms with E-state index in [1.54, 1.807) is 13.2 Å². The van der Waals surface area contributed by atoms with Crippen molar-refractivity contribution in [1.82, 2.24) is 20.4 Å². The van der Waals surface area contributed by atoms with Crippen molar-refractivity contribution in [3.8, 4) is 11.5 Å². The third-order valence-corrected chi connectivity index (χ3v) is 4.06. The highest BCUT2D eigenvalue weighted by atomic mass is 127. The summed E-state index contributed by atoms with van der Waals surface area (Å²) in [7, 11) is 1.78. The molecule has 0 saturated heterocycles. The summed E-state index contributed by atoms with van der Waals surface area (Å²) in [5.41, 5.74) is 1.11. The highest BCUT2D eigenvalue weighted by molar-refractivity contribution is 14.0. The highest BCUT2D eigenvalue weighted by Gasteiger charge is 2.12. The molecular weight excluding hydrogens is 469 g/mol. The molecule has 0 aliphatic heterocycles. The Hall–Kier alpha value is -1.97. The van der Waals surface area contributed by atoms with Crippen LogP contribution >= 0.6 is 24.0 Å². The van der Waals surface area contributed by atoms with Crippen molar-refractivity contribution in [2.45, 2.75) is 39.8 Å². The number of halogens is 1. The van der Waals surface area contributed by atoms with E-state index >= 15 is 0 Å². The van der Waals surface area contributed by atoms with Gasteiger partial charge in [-0.2, -0.15) is 5.10 Å². The zero-order valence-corrected chi connectivity index (χ0v) is 19.5. The normalized spacial score (nSPS) is 12.1. The first-order valence-corrected chi connectivity index (χ1v) is 9.52. The van der Waals surface area contributed by atoms with E-state index in [4.69, 9.17) is 9.47 Å². The third kappa shape index (κ3) is 7.57. The summed E-state index contributed by atoms with van der Waals surface area (Å²) in [6.45, 7) is 8.95. The van der Waals surface area contributed by atoms with Gasteiger partial charge in [-0.3, -0.25) is 9.67 Å². The van der Waals surface area contributed by atoms with Crippen molar-refractivity contribution in [2.75, 3.05) is 26.8 Å². The third-order valence-electron chi connectivity index (χ3n) is 4.06. The maximum Gasteiger partial charge on any atom is 0.191 e. The summed E-state index contributed by atoms with van der Waals surface area (Å²) in [4.78, 5) is 4.31. The van der Waals surface area contributed by atoms with Crippen molar-refractivity contribution in [1.29, 1.82) is 0 Å². The fourth-order valence-electron chi connectivity index (χ4n) is 2.70. The van der Waals surface area contributed by atoms with E-state index in [0.29, 0.717) is 13.2 Å². The molecule has 0 amide bonds. The van der Waals surface area contributed by atoms with Gasteiger partial charge in [-0.25, -0.2) is 0 Å². The van der Waals surface area contributed by atoms with Crippen molar-refractivity contribution >= 4 is 29.9 Å². The molecule has 2 rings (SSSR count). The Balaban J connectivity index is 0.00000392. The van der Waals surface area contributed by atoms with Crippen LogP contribution in [0.15, 0.2) is 41.7 Å². The SMILES string of the molecule is CCOc1ccc(C(C)NC(=NC)NCCCn2cccn2)cc1OCC.I. The largest absolute Gasteiger partial charge is 0.490 e. The van der Waals surface area contributed by atoms with Crippen LogP contribution in [0.25, 0.3) is 0 Å². The molecule has 0 bridgehead atoms. The second-order valence-electron chi connectivity index (χ2n) is 6.06. The van der Waals surface area contributed by atoms with Gasteiger partial charge in [0.15, 0.2) is 17.5 Å². The molecule has 8 heteroatoms. The number of aromatic nitrogens is 2. The van der Waals surface area contributed by atoms with Gasteiger partial charge < -0.3 is 20.1 Å². The van der Waals surface area contributed by atoms with Crippen LogP contribution < -0.4 is 20.1 Å². The second-order valence-corrected chi connectivity index (χ2v) is 6.06. The Morgan fingerprint density at radius 3 is 2.61 bits per heavy atom. The Morgan fingerprint density at radius 2 is 1.96 bits per heavy atom. The van der Waals surface area contributed by atoms with Gasteiger partial charge in [-0.1, -0.05) is 6.07 Å². The van der Waals surface area contributed by atoms with Gasteiger partial charge >= 0.3 is 0 Å². The van der Waals surface area contributed by atoms with E-state index in [1.165, 1.54) is 0 Å². The van der Waals surface area contributed by atoms with Crippen LogP contribution in [0.5, 0.6) is 11.5 Å². The molecule has 0 radical (unpaired) electrons. The van der Waals surface area contributed by atoms with E-state index in [9.17, 15) is 0 Å².